The molecule has 111 valence electrons. The van der Waals surface area contributed by atoms with Crippen molar-refractivity contribution in [1.82, 2.24) is 10.7 Å². The fourth-order valence-electron chi connectivity index (χ4n) is 2.66. The molecule has 1 aliphatic carbocycles. The SMILES string of the molecule is N#Cc1cccnc1NC1CC(CCC([NH])=O)C(O)C1O. The monoisotopic (exact) mass is 289 g/mol. The minimum Gasteiger partial charge on any atom is -0.390 e. The number of amides is 1. The highest BCUT2D eigenvalue weighted by atomic mass is 16.3. The van der Waals surface area contributed by atoms with E-state index < -0.39 is 24.2 Å². The largest absolute Gasteiger partial charge is 0.390 e. The molecule has 1 aromatic rings. The van der Waals surface area contributed by atoms with Crippen molar-refractivity contribution in [2.24, 2.45) is 5.92 Å². The molecule has 0 aromatic carbocycles. The number of aliphatic hydroxyl groups excluding tert-OH is 2. The van der Waals surface area contributed by atoms with Crippen LogP contribution in [0, 0.1) is 17.2 Å². The number of rotatable bonds is 5. The summed E-state index contributed by atoms with van der Waals surface area (Å²) in [5.41, 5.74) is 7.26. The predicted molar refractivity (Wildman–Crippen MR) is 73.8 cm³/mol. The zero-order valence-electron chi connectivity index (χ0n) is 11.4. The summed E-state index contributed by atoms with van der Waals surface area (Å²) < 4.78 is 0. The van der Waals surface area contributed by atoms with Crippen molar-refractivity contribution in [2.75, 3.05) is 5.32 Å². The molecule has 1 amide bonds. The molecule has 1 saturated carbocycles. The first-order valence-electron chi connectivity index (χ1n) is 6.75. The lowest BCUT2D eigenvalue weighted by Crippen LogP contribution is -2.35. The second kappa shape index (κ2) is 6.52. The van der Waals surface area contributed by atoms with Gasteiger partial charge in [0.1, 0.15) is 18.0 Å². The van der Waals surface area contributed by atoms with Crippen molar-refractivity contribution >= 4 is 11.7 Å². The van der Waals surface area contributed by atoms with Gasteiger partial charge in [0.15, 0.2) is 0 Å². The summed E-state index contributed by atoms with van der Waals surface area (Å²) in [6.07, 6.45) is 0.481. The summed E-state index contributed by atoms with van der Waals surface area (Å²) in [6, 6.07) is 4.83. The van der Waals surface area contributed by atoms with Gasteiger partial charge in [-0.2, -0.15) is 5.26 Å². The molecule has 0 saturated heterocycles. The smallest absolute Gasteiger partial charge is 0.238 e. The molecule has 4 N–H and O–H groups in total. The Labute approximate surface area is 122 Å². The van der Waals surface area contributed by atoms with Crippen LogP contribution < -0.4 is 11.1 Å². The average Bonchev–Trinajstić information content (AvgIpc) is 2.74. The van der Waals surface area contributed by atoms with E-state index in [1.165, 1.54) is 6.20 Å². The van der Waals surface area contributed by atoms with Gasteiger partial charge in [-0.1, -0.05) is 0 Å². The van der Waals surface area contributed by atoms with Crippen LogP contribution in [0.4, 0.5) is 5.82 Å². The van der Waals surface area contributed by atoms with Gasteiger partial charge in [-0.3, -0.25) is 10.5 Å². The van der Waals surface area contributed by atoms with Crippen molar-refractivity contribution in [3.05, 3.63) is 23.9 Å². The highest BCUT2D eigenvalue weighted by Gasteiger charge is 2.41. The number of nitriles is 1. The first kappa shape index (κ1) is 15.2. The van der Waals surface area contributed by atoms with E-state index in [9.17, 15) is 15.0 Å². The molecule has 7 nitrogen and oxygen atoms in total. The molecule has 1 heterocycles. The minimum absolute atomic E-state index is 0.0637. The summed E-state index contributed by atoms with van der Waals surface area (Å²) in [6.45, 7) is 0. The zero-order valence-corrected chi connectivity index (χ0v) is 11.4. The van der Waals surface area contributed by atoms with Crippen LogP contribution in [0.5, 0.6) is 0 Å². The maximum absolute atomic E-state index is 10.7. The lowest BCUT2D eigenvalue weighted by atomic mass is 9.99. The molecule has 0 aliphatic heterocycles. The molecular formula is C14H17N4O3. The summed E-state index contributed by atoms with van der Waals surface area (Å²) in [7, 11) is 0. The molecule has 4 unspecified atom stereocenters. The second-order valence-electron chi connectivity index (χ2n) is 5.20. The number of aliphatic hydroxyl groups is 2. The van der Waals surface area contributed by atoms with Gasteiger partial charge in [0.25, 0.3) is 0 Å². The summed E-state index contributed by atoms with van der Waals surface area (Å²) in [5.74, 6) is -0.556. The number of anilines is 1. The van der Waals surface area contributed by atoms with Crippen molar-refractivity contribution in [2.45, 2.75) is 37.5 Å². The molecular weight excluding hydrogens is 272 g/mol. The van der Waals surface area contributed by atoms with E-state index in [4.69, 9.17) is 11.0 Å². The number of hydrogen-bond donors (Lipinski definition) is 3. The Balaban J connectivity index is 2.04. The third kappa shape index (κ3) is 3.48. The summed E-state index contributed by atoms with van der Waals surface area (Å²) >= 11 is 0. The van der Waals surface area contributed by atoms with Gasteiger partial charge in [0.05, 0.1) is 17.7 Å². The molecule has 2 rings (SSSR count). The Bertz CT molecular complexity index is 557. The molecule has 1 fully saturated rings. The van der Waals surface area contributed by atoms with Crippen LogP contribution in [-0.2, 0) is 4.79 Å². The Morgan fingerprint density at radius 1 is 1.52 bits per heavy atom. The lowest BCUT2D eigenvalue weighted by molar-refractivity contribution is -0.119. The van der Waals surface area contributed by atoms with Crippen LogP contribution in [0.25, 0.3) is 0 Å². The highest BCUT2D eigenvalue weighted by molar-refractivity contribution is 5.72. The van der Waals surface area contributed by atoms with Gasteiger partial charge in [-0.25, -0.2) is 4.98 Å². The van der Waals surface area contributed by atoms with Crippen LogP contribution in [0.2, 0.25) is 0 Å². The van der Waals surface area contributed by atoms with Crippen LogP contribution >= 0.6 is 0 Å². The molecule has 0 bridgehead atoms. The average molecular weight is 289 g/mol. The fraction of sp³-hybridized carbons (Fsp3) is 0.500. The number of hydrogen-bond acceptors (Lipinski definition) is 6. The van der Waals surface area contributed by atoms with E-state index in [2.05, 4.69) is 10.3 Å². The van der Waals surface area contributed by atoms with Crippen LogP contribution in [-0.4, -0.2) is 39.4 Å². The van der Waals surface area contributed by atoms with Gasteiger partial charge < -0.3 is 15.5 Å². The number of pyridine rings is 1. The Morgan fingerprint density at radius 2 is 2.29 bits per heavy atom. The van der Waals surface area contributed by atoms with E-state index in [1.807, 2.05) is 6.07 Å². The molecule has 4 atom stereocenters. The number of aromatic nitrogens is 1. The standard InChI is InChI=1S/C14H17N4O3/c15-7-9-2-1-5-17-14(9)18-10-6-8(3-4-11(16)19)12(20)13(10)21/h1-2,5,8,10,12-13,16,20-21H,3-4,6H2,(H,17,18). The minimum atomic E-state index is -0.996. The van der Waals surface area contributed by atoms with Crippen molar-refractivity contribution in [3.63, 3.8) is 0 Å². The van der Waals surface area contributed by atoms with Crippen LogP contribution in [0.3, 0.4) is 0 Å². The Hall–Kier alpha value is -2.17. The Kier molecular flexibility index (Phi) is 4.73. The Morgan fingerprint density at radius 3 is 2.95 bits per heavy atom. The molecule has 1 aromatic heterocycles. The molecule has 1 radical (unpaired) electrons. The first-order chi connectivity index (χ1) is 10.0. The quantitative estimate of drug-likeness (QED) is 0.703. The van der Waals surface area contributed by atoms with E-state index in [1.54, 1.807) is 12.1 Å². The number of carbonyl (C=O) groups is 1. The first-order valence-corrected chi connectivity index (χ1v) is 6.75. The van der Waals surface area contributed by atoms with Gasteiger partial charge in [-0.15, -0.1) is 0 Å². The van der Waals surface area contributed by atoms with Crippen LogP contribution in [0.15, 0.2) is 18.3 Å². The fourth-order valence-corrected chi connectivity index (χ4v) is 2.66. The number of carbonyl (C=O) groups excluding carboxylic acids is 1. The summed E-state index contributed by atoms with van der Waals surface area (Å²) in [4.78, 5) is 14.8. The van der Waals surface area contributed by atoms with Crippen molar-refractivity contribution < 1.29 is 15.0 Å². The van der Waals surface area contributed by atoms with E-state index in [0.29, 0.717) is 24.2 Å². The van der Waals surface area contributed by atoms with Gasteiger partial charge in [-0.05, 0) is 30.9 Å². The van der Waals surface area contributed by atoms with E-state index in [-0.39, 0.29) is 12.3 Å². The second-order valence-corrected chi connectivity index (χ2v) is 5.20. The molecule has 21 heavy (non-hydrogen) atoms. The topological polar surface area (TPSA) is 130 Å². The van der Waals surface area contributed by atoms with Gasteiger partial charge in [0, 0.05) is 12.6 Å². The molecule has 7 heteroatoms. The van der Waals surface area contributed by atoms with Crippen LogP contribution in [0.1, 0.15) is 24.8 Å². The zero-order chi connectivity index (χ0) is 15.4. The maximum atomic E-state index is 10.7. The van der Waals surface area contributed by atoms with E-state index in [0.717, 1.165) is 0 Å². The normalized spacial score (nSPS) is 28.0. The molecule has 0 spiro atoms. The maximum Gasteiger partial charge on any atom is 0.238 e. The van der Waals surface area contributed by atoms with E-state index >= 15 is 0 Å². The van der Waals surface area contributed by atoms with Gasteiger partial charge >= 0.3 is 0 Å². The third-order valence-corrected chi connectivity index (χ3v) is 3.79. The molecule has 1 aliphatic rings. The van der Waals surface area contributed by atoms with Gasteiger partial charge in [0.2, 0.25) is 5.91 Å². The lowest BCUT2D eigenvalue weighted by Gasteiger charge is -2.19. The summed E-state index contributed by atoms with van der Waals surface area (Å²) in [5, 5.41) is 32.1. The third-order valence-electron chi connectivity index (χ3n) is 3.79. The number of nitrogens with one attached hydrogen (secondary N) is 2. The van der Waals surface area contributed by atoms with Crippen molar-refractivity contribution in [1.29, 1.82) is 5.26 Å². The predicted octanol–water partition coefficient (Wildman–Crippen LogP) is 0.0652. The van der Waals surface area contributed by atoms with Crippen molar-refractivity contribution in [3.8, 4) is 6.07 Å². The highest BCUT2D eigenvalue weighted by Crippen LogP contribution is 2.32. The number of nitrogens with zero attached hydrogens (tertiary/aromatic N) is 2.